The van der Waals surface area contributed by atoms with Crippen LogP contribution in [-0.2, 0) is 11.4 Å². The quantitative estimate of drug-likeness (QED) is 0.172. The molecule has 3 rings (SSSR count). The number of halogens is 3. The zero-order chi connectivity index (χ0) is 23.8. The normalized spacial score (nSPS) is 10.9. The van der Waals surface area contributed by atoms with E-state index < -0.39 is 11.7 Å². The Kier molecular flexibility index (Phi) is 8.86. The maximum atomic E-state index is 13.1. The summed E-state index contributed by atoms with van der Waals surface area (Å²) >= 11 is 5.55. The number of nitriles is 1. The topological polar surface area (TPSA) is 71.3 Å². The molecular weight excluding hydrogens is 602 g/mol. The van der Waals surface area contributed by atoms with Crippen LogP contribution in [0.2, 0.25) is 0 Å². The summed E-state index contributed by atoms with van der Waals surface area (Å²) in [6.07, 6.45) is 1.47. The van der Waals surface area contributed by atoms with E-state index in [2.05, 4.69) is 43.8 Å². The van der Waals surface area contributed by atoms with Gasteiger partial charge in [0.2, 0.25) is 0 Å². The molecule has 0 aliphatic rings. The molecule has 0 aromatic heterocycles. The van der Waals surface area contributed by atoms with Crippen LogP contribution in [0.3, 0.4) is 0 Å². The molecule has 0 spiro atoms. The molecule has 3 aromatic carbocycles. The van der Waals surface area contributed by atoms with Crippen molar-refractivity contribution in [1.82, 2.24) is 0 Å². The molecular formula is C25H19BrFIN2O3. The van der Waals surface area contributed by atoms with Gasteiger partial charge in [0.25, 0.3) is 5.91 Å². The van der Waals surface area contributed by atoms with Gasteiger partial charge in [0.05, 0.1) is 10.2 Å². The Bertz CT molecular complexity index is 1210. The zero-order valence-corrected chi connectivity index (χ0v) is 21.3. The van der Waals surface area contributed by atoms with Crippen molar-refractivity contribution in [2.75, 3.05) is 11.9 Å². The van der Waals surface area contributed by atoms with E-state index in [1.807, 2.05) is 43.3 Å². The number of nitrogens with zero attached hydrogens (tertiary/aromatic N) is 1. The van der Waals surface area contributed by atoms with Crippen molar-refractivity contribution in [3.05, 3.63) is 91.2 Å². The van der Waals surface area contributed by atoms with Gasteiger partial charge in [-0.25, -0.2) is 4.39 Å². The minimum atomic E-state index is -0.590. The number of hydrogen-bond acceptors (Lipinski definition) is 4. The highest BCUT2D eigenvalue weighted by molar-refractivity contribution is 14.1. The van der Waals surface area contributed by atoms with Crippen LogP contribution in [0.1, 0.15) is 18.1 Å². The summed E-state index contributed by atoms with van der Waals surface area (Å²) < 4.78 is 26.6. The van der Waals surface area contributed by atoms with Crippen molar-refractivity contribution in [2.24, 2.45) is 0 Å². The van der Waals surface area contributed by atoms with E-state index in [4.69, 9.17) is 9.47 Å². The lowest BCUT2D eigenvalue weighted by Crippen LogP contribution is -2.13. The first kappa shape index (κ1) is 24.7. The van der Waals surface area contributed by atoms with Crippen LogP contribution in [0.4, 0.5) is 10.1 Å². The van der Waals surface area contributed by atoms with E-state index in [0.29, 0.717) is 36.0 Å². The fourth-order valence-electron chi connectivity index (χ4n) is 2.86. The maximum Gasteiger partial charge on any atom is 0.266 e. The Balaban J connectivity index is 1.83. The molecule has 0 bridgehead atoms. The van der Waals surface area contributed by atoms with Crippen LogP contribution in [0, 0.1) is 20.7 Å². The molecule has 0 radical (unpaired) electrons. The highest BCUT2D eigenvalue weighted by Gasteiger charge is 2.15. The second-order valence-corrected chi connectivity index (χ2v) is 8.89. The number of hydrogen-bond donors (Lipinski definition) is 1. The number of ether oxygens (including phenoxy) is 2. The minimum absolute atomic E-state index is 0.0962. The molecule has 0 heterocycles. The van der Waals surface area contributed by atoms with E-state index in [9.17, 15) is 14.4 Å². The number of nitrogens with one attached hydrogen (secondary N) is 1. The summed E-state index contributed by atoms with van der Waals surface area (Å²) in [5.41, 5.74) is 1.92. The summed E-state index contributed by atoms with van der Waals surface area (Å²) in [7, 11) is 0. The van der Waals surface area contributed by atoms with E-state index in [-0.39, 0.29) is 5.57 Å². The van der Waals surface area contributed by atoms with Crippen LogP contribution in [-0.4, -0.2) is 12.5 Å². The van der Waals surface area contributed by atoms with Gasteiger partial charge >= 0.3 is 0 Å². The first-order chi connectivity index (χ1) is 15.9. The number of amides is 1. The third-order valence-electron chi connectivity index (χ3n) is 4.41. The average molecular weight is 621 g/mol. The Morgan fingerprint density at radius 3 is 2.48 bits per heavy atom. The monoisotopic (exact) mass is 620 g/mol. The van der Waals surface area contributed by atoms with Gasteiger partial charge in [-0.3, -0.25) is 4.79 Å². The first-order valence-electron chi connectivity index (χ1n) is 9.92. The average Bonchev–Trinajstić information content (AvgIpc) is 2.79. The van der Waals surface area contributed by atoms with Gasteiger partial charge < -0.3 is 14.8 Å². The molecule has 5 nitrogen and oxygen atoms in total. The summed E-state index contributed by atoms with van der Waals surface area (Å²) in [5.74, 6) is 0.105. The standard InChI is InChI=1S/C25H19BrFIN2O3/c1-2-32-23-13-17(11-18(14-29)25(31)30-21-9-7-20(27)8-10-21)12-22(28)24(23)33-15-16-3-5-19(26)6-4-16/h3-13H,2,15H2,1H3,(H,30,31)/b18-11-. The van der Waals surface area contributed by atoms with E-state index >= 15 is 0 Å². The van der Waals surface area contributed by atoms with E-state index in [0.717, 1.165) is 13.6 Å². The molecule has 3 aromatic rings. The molecule has 0 aliphatic heterocycles. The van der Waals surface area contributed by atoms with E-state index in [1.54, 1.807) is 6.07 Å². The lowest BCUT2D eigenvalue weighted by atomic mass is 10.1. The van der Waals surface area contributed by atoms with Crippen LogP contribution < -0.4 is 14.8 Å². The summed E-state index contributed by atoms with van der Waals surface area (Å²) in [6.45, 7) is 2.65. The molecule has 168 valence electrons. The lowest BCUT2D eigenvalue weighted by Gasteiger charge is -2.15. The maximum absolute atomic E-state index is 13.1. The molecule has 0 aliphatic carbocycles. The van der Waals surface area contributed by atoms with Crippen LogP contribution in [0.15, 0.2) is 70.7 Å². The number of carbonyl (C=O) groups is 1. The van der Waals surface area contributed by atoms with E-state index in [1.165, 1.54) is 30.3 Å². The molecule has 0 atom stereocenters. The van der Waals surface area contributed by atoms with Gasteiger partial charge in [-0.2, -0.15) is 5.26 Å². The van der Waals surface area contributed by atoms with Crippen molar-refractivity contribution in [3.8, 4) is 17.6 Å². The van der Waals surface area contributed by atoms with Gasteiger partial charge in [-0.05, 0) is 95.2 Å². The molecule has 33 heavy (non-hydrogen) atoms. The van der Waals surface area contributed by atoms with Gasteiger partial charge in [-0.1, -0.05) is 28.1 Å². The van der Waals surface area contributed by atoms with Crippen molar-refractivity contribution < 1.29 is 18.7 Å². The Morgan fingerprint density at radius 1 is 1.15 bits per heavy atom. The highest BCUT2D eigenvalue weighted by atomic mass is 127. The molecule has 0 saturated carbocycles. The fraction of sp³-hybridized carbons (Fsp3) is 0.120. The van der Waals surface area contributed by atoms with Crippen molar-refractivity contribution >= 4 is 56.2 Å². The second kappa shape index (κ2) is 11.8. The van der Waals surface area contributed by atoms with Gasteiger partial charge in [0.15, 0.2) is 11.5 Å². The Morgan fingerprint density at radius 2 is 1.85 bits per heavy atom. The van der Waals surface area contributed by atoms with Crippen molar-refractivity contribution in [2.45, 2.75) is 13.5 Å². The smallest absolute Gasteiger partial charge is 0.266 e. The van der Waals surface area contributed by atoms with Crippen LogP contribution >= 0.6 is 38.5 Å². The number of rotatable bonds is 8. The number of benzene rings is 3. The minimum Gasteiger partial charge on any atom is -0.490 e. The van der Waals surface area contributed by atoms with Crippen LogP contribution in [0.25, 0.3) is 6.08 Å². The zero-order valence-electron chi connectivity index (χ0n) is 17.6. The predicted molar refractivity (Wildman–Crippen MR) is 137 cm³/mol. The summed E-state index contributed by atoms with van der Waals surface area (Å²) in [4.78, 5) is 12.5. The first-order valence-corrected chi connectivity index (χ1v) is 11.8. The molecule has 0 fully saturated rings. The number of carbonyl (C=O) groups excluding carboxylic acids is 1. The molecule has 8 heteroatoms. The van der Waals surface area contributed by atoms with Crippen molar-refractivity contribution in [3.63, 3.8) is 0 Å². The molecule has 0 unspecified atom stereocenters. The lowest BCUT2D eigenvalue weighted by molar-refractivity contribution is -0.112. The van der Waals surface area contributed by atoms with Crippen LogP contribution in [0.5, 0.6) is 11.5 Å². The highest BCUT2D eigenvalue weighted by Crippen LogP contribution is 2.35. The van der Waals surface area contributed by atoms with Gasteiger partial charge in [0.1, 0.15) is 24.1 Å². The van der Waals surface area contributed by atoms with Gasteiger partial charge in [0, 0.05) is 10.2 Å². The predicted octanol–water partition coefficient (Wildman–Crippen LogP) is 6.72. The summed E-state index contributed by atoms with van der Waals surface area (Å²) in [5, 5.41) is 12.1. The number of anilines is 1. The fourth-order valence-corrected chi connectivity index (χ4v) is 3.90. The second-order valence-electron chi connectivity index (χ2n) is 6.81. The Hall–Kier alpha value is -2.90. The SMILES string of the molecule is CCOc1cc(/C=C(/C#N)C(=O)Nc2ccc(F)cc2)cc(I)c1OCc1ccc(Br)cc1. The largest absolute Gasteiger partial charge is 0.490 e. The van der Waals surface area contributed by atoms with Gasteiger partial charge in [-0.15, -0.1) is 0 Å². The third-order valence-corrected chi connectivity index (χ3v) is 5.74. The summed E-state index contributed by atoms with van der Waals surface area (Å²) in [6, 6.07) is 18.6. The Labute approximate surface area is 213 Å². The third kappa shape index (κ3) is 7.04. The molecule has 1 amide bonds. The van der Waals surface area contributed by atoms with Crippen molar-refractivity contribution in [1.29, 1.82) is 5.26 Å². The molecule has 0 saturated heterocycles. The molecule has 1 N–H and O–H groups in total.